The number of hydrogen-bond acceptors (Lipinski definition) is 5. The van der Waals surface area contributed by atoms with E-state index in [1.165, 1.54) is 5.56 Å². The molecule has 2 heterocycles. The number of rotatable bonds is 9. The van der Waals surface area contributed by atoms with Gasteiger partial charge in [0, 0.05) is 54.8 Å². The quantitative estimate of drug-likeness (QED) is 0.169. The summed E-state index contributed by atoms with van der Waals surface area (Å²) in [6.45, 7) is 7.30. The standard InChI is InChI=1S/C37H39N5O2/c1-3-32(27-10-6-4-7-11-27)39-36(43)29-16-19-33-31(24-29)34(37(44)40-33)35(28-12-8-5-9-13-28)38-30-17-14-26(15-18-30)25-42-22-20-41(2)21-23-42/h4-19,24,32,40,44H,3,20-23,25H2,1-2H3,(H,39,43)/t32-/m1/s1. The van der Waals surface area contributed by atoms with Crippen molar-refractivity contribution in [3.8, 4) is 5.88 Å². The largest absolute Gasteiger partial charge is 0.494 e. The second-order valence-electron chi connectivity index (χ2n) is 11.5. The Morgan fingerprint density at radius 3 is 2.25 bits per heavy atom. The zero-order valence-electron chi connectivity index (χ0n) is 25.3. The number of H-pyrrole nitrogens is 1. The number of nitrogens with one attached hydrogen (secondary N) is 2. The van der Waals surface area contributed by atoms with Crippen molar-refractivity contribution in [1.29, 1.82) is 0 Å². The molecule has 44 heavy (non-hydrogen) atoms. The van der Waals surface area contributed by atoms with E-state index in [-0.39, 0.29) is 17.8 Å². The zero-order chi connectivity index (χ0) is 30.5. The average molecular weight is 586 g/mol. The molecule has 3 N–H and O–H groups in total. The fourth-order valence-electron chi connectivity index (χ4n) is 5.84. The summed E-state index contributed by atoms with van der Waals surface area (Å²) in [6, 6.07) is 33.6. The van der Waals surface area contributed by atoms with Crippen molar-refractivity contribution in [2.24, 2.45) is 4.99 Å². The second kappa shape index (κ2) is 13.3. The molecule has 4 aromatic carbocycles. The SMILES string of the molecule is CC[C@@H](NC(=O)c1ccc2[nH]c(O)c(C(=Nc3ccc(CN4CCN(C)CC4)cc3)c3ccccc3)c2c1)c1ccccc1. The van der Waals surface area contributed by atoms with E-state index in [4.69, 9.17) is 4.99 Å². The first kappa shape index (κ1) is 29.4. The van der Waals surface area contributed by atoms with Gasteiger partial charge in [-0.1, -0.05) is 79.7 Å². The van der Waals surface area contributed by atoms with Crippen LogP contribution in [0.5, 0.6) is 5.88 Å². The topological polar surface area (TPSA) is 84.0 Å². The molecule has 1 amide bonds. The number of nitrogens with zero attached hydrogens (tertiary/aromatic N) is 3. The van der Waals surface area contributed by atoms with Crippen molar-refractivity contribution >= 4 is 28.2 Å². The van der Waals surface area contributed by atoms with Gasteiger partial charge < -0.3 is 20.3 Å². The summed E-state index contributed by atoms with van der Waals surface area (Å²) in [4.78, 5) is 26.5. The molecule has 224 valence electrons. The smallest absolute Gasteiger partial charge is 0.251 e. The van der Waals surface area contributed by atoms with Crippen LogP contribution in [0, 0.1) is 0 Å². The lowest BCUT2D eigenvalue weighted by Gasteiger charge is -2.32. The molecule has 0 saturated carbocycles. The molecule has 1 aliphatic rings. The third kappa shape index (κ3) is 6.59. The van der Waals surface area contributed by atoms with Crippen molar-refractivity contribution in [2.45, 2.75) is 25.9 Å². The maximum atomic E-state index is 13.5. The predicted molar refractivity (Wildman–Crippen MR) is 178 cm³/mol. The van der Waals surface area contributed by atoms with E-state index in [9.17, 15) is 9.90 Å². The van der Waals surface area contributed by atoms with Crippen LogP contribution in [0.3, 0.4) is 0 Å². The molecular weight excluding hydrogens is 546 g/mol. The second-order valence-corrected chi connectivity index (χ2v) is 11.5. The zero-order valence-corrected chi connectivity index (χ0v) is 25.3. The van der Waals surface area contributed by atoms with Crippen LogP contribution in [0.1, 0.15) is 52.0 Å². The molecule has 0 spiro atoms. The number of amides is 1. The first-order valence-corrected chi connectivity index (χ1v) is 15.3. The Labute approximate surface area is 258 Å². The number of hydrogen-bond donors (Lipinski definition) is 3. The van der Waals surface area contributed by atoms with Gasteiger partial charge in [-0.25, -0.2) is 4.99 Å². The molecule has 1 aliphatic heterocycles. The van der Waals surface area contributed by atoms with Gasteiger partial charge in [0.05, 0.1) is 23.0 Å². The lowest BCUT2D eigenvalue weighted by atomic mass is 9.99. The molecule has 1 saturated heterocycles. The Balaban J connectivity index is 1.33. The number of aliphatic imine (C=N–C) groups is 1. The number of carbonyl (C=O) groups is 1. The Morgan fingerprint density at radius 1 is 0.886 bits per heavy atom. The van der Waals surface area contributed by atoms with Crippen LogP contribution in [0.4, 0.5) is 5.69 Å². The van der Waals surface area contributed by atoms with Gasteiger partial charge in [-0.15, -0.1) is 0 Å². The van der Waals surface area contributed by atoms with Gasteiger partial charge in [-0.05, 0) is 54.9 Å². The van der Waals surface area contributed by atoms with Gasteiger partial charge in [0.2, 0.25) is 0 Å². The number of benzene rings is 4. The van der Waals surface area contributed by atoms with Gasteiger partial charge in [-0.2, -0.15) is 0 Å². The maximum absolute atomic E-state index is 13.5. The number of aromatic amines is 1. The van der Waals surface area contributed by atoms with E-state index in [1.807, 2.05) is 84.9 Å². The average Bonchev–Trinajstić information content (AvgIpc) is 3.39. The molecule has 5 aromatic rings. The molecule has 7 nitrogen and oxygen atoms in total. The van der Waals surface area contributed by atoms with Crippen LogP contribution in [0.25, 0.3) is 10.9 Å². The van der Waals surface area contributed by atoms with E-state index < -0.39 is 0 Å². The van der Waals surface area contributed by atoms with Crippen molar-refractivity contribution in [2.75, 3.05) is 33.2 Å². The summed E-state index contributed by atoms with van der Waals surface area (Å²) in [5.74, 6) is -0.147. The minimum atomic E-state index is -0.164. The number of likely N-dealkylation sites (N-methyl/N-ethyl adjacent to an activating group) is 1. The number of carbonyl (C=O) groups excluding carboxylic acids is 1. The summed E-state index contributed by atoms with van der Waals surface area (Å²) in [7, 11) is 2.17. The van der Waals surface area contributed by atoms with E-state index >= 15 is 0 Å². The normalized spacial score (nSPS) is 15.4. The van der Waals surface area contributed by atoms with Gasteiger partial charge in [0.15, 0.2) is 5.88 Å². The van der Waals surface area contributed by atoms with Crippen molar-refractivity contribution in [3.63, 3.8) is 0 Å². The monoisotopic (exact) mass is 585 g/mol. The van der Waals surface area contributed by atoms with Crippen LogP contribution >= 0.6 is 0 Å². The van der Waals surface area contributed by atoms with Gasteiger partial charge in [-0.3, -0.25) is 9.69 Å². The Morgan fingerprint density at radius 2 is 1.57 bits per heavy atom. The molecule has 1 fully saturated rings. The lowest BCUT2D eigenvalue weighted by Crippen LogP contribution is -2.43. The molecule has 0 bridgehead atoms. The van der Waals surface area contributed by atoms with Crippen LogP contribution in [0.2, 0.25) is 0 Å². The minimum Gasteiger partial charge on any atom is -0.494 e. The van der Waals surface area contributed by atoms with Crippen molar-refractivity contribution in [3.05, 3.63) is 131 Å². The molecule has 1 atom stereocenters. The van der Waals surface area contributed by atoms with E-state index in [0.29, 0.717) is 16.8 Å². The fourth-order valence-corrected chi connectivity index (χ4v) is 5.84. The minimum absolute atomic E-state index is 0.0163. The van der Waals surface area contributed by atoms with Crippen LogP contribution in [0.15, 0.2) is 108 Å². The molecule has 7 heteroatoms. The summed E-state index contributed by atoms with van der Waals surface area (Å²) in [6.07, 6.45) is 0.771. The summed E-state index contributed by atoms with van der Waals surface area (Å²) >= 11 is 0. The van der Waals surface area contributed by atoms with Crippen LogP contribution < -0.4 is 5.32 Å². The Bertz CT molecular complexity index is 1740. The Kier molecular flexibility index (Phi) is 8.86. The first-order valence-electron chi connectivity index (χ1n) is 15.3. The molecule has 6 rings (SSSR count). The van der Waals surface area contributed by atoms with Gasteiger partial charge >= 0.3 is 0 Å². The van der Waals surface area contributed by atoms with Gasteiger partial charge in [0.1, 0.15) is 0 Å². The predicted octanol–water partition coefficient (Wildman–Crippen LogP) is 6.67. The number of aromatic hydroxyl groups is 1. The summed E-state index contributed by atoms with van der Waals surface area (Å²) in [5, 5.41) is 15.1. The number of piperazine rings is 1. The van der Waals surface area contributed by atoms with Crippen LogP contribution in [-0.4, -0.2) is 64.7 Å². The van der Waals surface area contributed by atoms with Crippen molar-refractivity contribution in [1.82, 2.24) is 20.1 Å². The van der Waals surface area contributed by atoms with E-state index in [0.717, 1.165) is 66.9 Å². The Hall–Kier alpha value is -4.72. The maximum Gasteiger partial charge on any atom is 0.251 e. The molecule has 0 aliphatic carbocycles. The van der Waals surface area contributed by atoms with Crippen molar-refractivity contribution < 1.29 is 9.90 Å². The highest BCUT2D eigenvalue weighted by Gasteiger charge is 2.21. The summed E-state index contributed by atoms with van der Waals surface area (Å²) < 4.78 is 0. The molecule has 1 aromatic heterocycles. The fraction of sp³-hybridized carbons (Fsp3) is 0.243. The highest BCUT2D eigenvalue weighted by molar-refractivity contribution is 6.22. The molecule has 0 radical (unpaired) electrons. The molecule has 0 unspecified atom stereocenters. The van der Waals surface area contributed by atoms with Gasteiger partial charge in [0.25, 0.3) is 5.91 Å². The third-order valence-electron chi connectivity index (χ3n) is 8.42. The summed E-state index contributed by atoms with van der Waals surface area (Å²) in [5.41, 5.74) is 6.44. The first-order chi connectivity index (χ1) is 21.5. The van der Waals surface area contributed by atoms with E-state index in [2.05, 4.69) is 46.2 Å². The molecular formula is C37H39N5O2. The highest BCUT2D eigenvalue weighted by Crippen LogP contribution is 2.32. The number of aromatic nitrogens is 1. The number of fused-ring (bicyclic) bond motifs is 1. The lowest BCUT2D eigenvalue weighted by molar-refractivity contribution is 0.0935. The third-order valence-corrected chi connectivity index (χ3v) is 8.42. The van der Waals surface area contributed by atoms with Crippen LogP contribution in [-0.2, 0) is 6.54 Å². The van der Waals surface area contributed by atoms with E-state index in [1.54, 1.807) is 6.07 Å². The highest BCUT2D eigenvalue weighted by atomic mass is 16.3.